The monoisotopic (exact) mass is 196 g/mol. The quantitative estimate of drug-likeness (QED) is 0.701. The second-order valence-corrected chi connectivity index (χ2v) is 2.39. The number of anilines is 1. The summed E-state index contributed by atoms with van der Waals surface area (Å²) in [6.07, 6.45) is -2.09. The standard InChI is InChI=1S/C6H4ClF3N2/c7-5-3(8)4(11)2(1-12-5)6(9)10/h1,6H,(H2,11,12). The van der Waals surface area contributed by atoms with E-state index in [-0.39, 0.29) is 0 Å². The lowest BCUT2D eigenvalue weighted by molar-refractivity contribution is 0.151. The largest absolute Gasteiger partial charge is 0.396 e. The Balaban J connectivity index is 3.27. The predicted molar refractivity (Wildman–Crippen MR) is 38.6 cm³/mol. The van der Waals surface area contributed by atoms with Gasteiger partial charge in [0.2, 0.25) is 0 Å². The average Bonchev–Trinajstić information content (AvgIpc) is 2.00. The molecular weight excluding hydrogens is 193 g/mol. The first-order valence-corrected chi connectivity index (χ1v) is 3.29. The molecule has 0 saturated carbocycles. The van der Waals surface area contributed by atoms with E-state index in [9.17, 15) is 13.2 Å². The van der Waals surface area contributed by atoms with E-state index < -0.39 is 28.6 Å². The van der Waals surface area contributed by atoms with Crippen molar-refractivity contribution < 1.29 is 13.2 Å². The van der Waals surface area contributed by atoms with Crippen molar-refractivity contribution in [3.05, 3.63) is 22.7 Å². The van der Waals surface area contributed by atoms with E-state index in [0.29, 0.717) is 0 Å². The van der Waals surface area contributed by atoms with Gasteiger partial charge in [0.15, 0.2) is 11.0 Å². The van der Waals surface area contributed by atoms with Crippen LogP contribution in [0.3, 0.4) is 0 Å². The average molecular weight is 197 g/mol. The van der Waals surface area contributed by atoms with Gasteiger partial charge in [-0.2, -0.15) is 0 Å². The van der Waals surface area contributed by atoms with Gasteiger partial charge in [0.05, 0.1) is 11.3 Å². The minimum absolute atomic E-state index is 0.503. The maximum Gasteiger partial charge on any atom is 0.267 e. The van der Waals surface area contributed by atoms with Crippen LogP contribution < -0.4 is 5.73 Å². The molecule has 0 atom stereocenters. The van der Waals surface area contributed by atoms with Crippen LogP contribution in [0.25, 0.3) is 0 Å². The normalized spacial score (nSPS) is 10.8. The van der Waals surface area contributed by atoms with Crippen molar-refractivity contribution in [1.82, 2.24) is 4.98 Å². The summed E-state index contributed by atoms with van der Waals surface area (Å²) in [7, 11) is 0. The van der Waals surface area contributed by atoms with Gasteiger partial charge in [-0.25, -0.2) is 18.2 Å². The smallest absolute Gasteiger partial charge is 0.267 e. The van der Waals surface area contributed by atoms with Gasteiger partial charge < -0.3 is 5.73 Å². The summed E-state index contributed by atoms with van der Waals surface area (Å²) in [5.41, 5.74) is 3.72. The Bertz CT molecular complexity index is 303. The van der Waals surface area contributed by atoms with Crippen molar-refractivity contribution in [2.45, 2.75) is 6.43 Å². The summed E-state index contributed by atoms with van der Waals surface area (Å²) >= 11 is 5.18. The molecule has 0 radical (unpaired) electrons. The van der Waals surface area contributed by atoms with E-state index in [1.54, 1.807) is 0 Å². The van der Waals surface area contributed by atoms with Crippen molar-refractivity contribution >= 4 is 17.3 Å². The first kappa shape index (κ1) is 9.12. The molecule has 66 valence electrons. The van der Waals surface area contributed by atoms with Gasteiger partial charge in [0.1, 0.15) is 0 Å². The predicted octanol–water partition coefficient (Wildman–Crippen LogP) is 2.39. The fraction of sp³-hybridized carbons (Fsp3) is 0.167. The fourth-order valence-corrected chi connectivity index (χ4v) is 0.815. The number of pyridine rings is 1. The molecule has 0 amide bonds. The van der Waals surface area contributed by atoms with Gasteiger partial charge in [-0.3, -0.25) is 0 Å². The summed E-state index contributed by atoms with van der Waals surface area (Å²) < 4.78 is 36.7. The van der Waals surface area contributed by atoms with Gasteiger partial charge >= 0.3 is 0 Å². The molecule has 0 unspecified atom stereocenters. The number of nitrogens with zero attached hydrogens (tertiary/aromatic N) is 1. The zero-order valence-corrected chi connectivity index (χ0v) is 6.45. The van der Waals surface area contributed by atoms with Crippen LogP contribution in [0.5, 0.6) is 0 Å². The number of aromatic nitrogens is 1. The number of alkyl halides is 2. The van der Waals surface area contributed by atoms with E-state index in [2.05, 4.69) is 4.98 Å². The van der Waals surface area contributed by atoms with Gasteiger partial charge in [0, 0.05) is 6.20 Å². The van der Waals surface area contributed by atoms with Crippen LogP contribution in [0, 0.1) is 5.82 Å². The molecule has 0 aromatic carbocycles. The zero-order chi connectivity index (χ0) is 9.30. The summed E-state index contributed by atoms with van der Waals surface area (Å²) in [6.45, 7) is 0. The molecule has 0 aliphatic heterocycles. The van der Waals surface area contributed by atoms with Crippen molar-refractivity contribution in [3.8, 4) is 0 Å². The fourth-order valence-electron chi connectivity index (χ4n) is 0.664. The lowest BCUT2D eigenvalue weighted by Gasteiger charge is -2.04. The Labute approximate surface area is 71.2 Å². The van der Waals surface area contributed by atoms with E-state index in [1.807, 2.05) is 0 Å². The highest BCUT2D eigenvalue weighted by atomic mass is 35.5. The number of nitrogens with two attached hydrogens (primary N) is 1. The Morgan fingerprint density at radius 2 is 2.08 bits per heavy atom. The van der Waals surface area contributed by atoms with E-state index in [0.717, 1.165) is 6.20 Å². The number of hydrogen-bond acceptors (Lipinski definition) is 2. The van der Waals surface area contributed by atoms with E-state index in [4.69, 9.17) is 17.3 Å². The SMILES string of the molecule is Nc1c(C(F)F)cnc(Cl)c1F. The molecule has 0 bridgehead atoms. The molecule has 0 spiro atoms. The summed E-state index contributed by atoms with van der Waals surface area (Å²) in [4.78, 5) is 3.19. The second-order valence-electron chi connectivity index (χ2n) is 2.03. The Morgan fingerprint density at radius 3 is 2.58 bits per heavy atom. The Hall–Kier alpha value is -0.970. The minimum atomic E-state index is -2.84. The van der Waals surface area contributed by atoms with Crippen LogP contribution in [-0.2, 0) is 0 Å². The van der Waals surface area contributed by atoms with Crippen molar-refractivity contribution in [1.29, 1.82) is 0 Å². The number of halogens is 4. The van der Waals surface area contributed by atoms with Gasteiger partial charge in [-0.15, -0.1) is 0 Å². The topological polar surface area (TPSA) is 38.9 Å². The maximum atomic E-state index is 12.7. The summed E-state index contributed by atoms with van der Waals surface area (Å²) in [6, 6.07) is 0. The Morgan fingerprint density at radius 1 is 1.50 bits per heavy atom. The molecule has 1 heterocycles. The lowest BCUT2D eigenvalue weighted by Crippen LogP contribution is -2.00. The van der Waals surface area contributed by atoms with Crippen LogP contribution in [0.15, 0.2) is 6.20 Å². The highest BCUT2D eigenvalue weighted by Gasteiger charge is 2.17. The molecule has 1 aromatic heterocycles. The van der Waals surface area contributed by atoms with Gasteiger partial charge in [-0.05, 0) is 0 Å². The third-order valence-electron chi connectivity index (χ3n) is 1.28. The number of nitrogen functional groups attached to an aromatic ring is 1. The highest BCUT2D eigenvalue weighted by molar-refractivity contribution is 6.29. The molecule has 6 heteroatoms. The highest BCUT2D eigenvalue weighted by Crippen LogP contribution is 2.28. The summed E-state index contributed by atoms with van der Waals surface area (Å²) in [5.74, 6) is -1.10. The van der Waals surface area contributed by atoms with Gasteiger partial charge in [-0.1, -0.05) is 11.6 Å². The van der Waals surface area contributed by atoms with Crippen molar-refractivity contribution in [2.75, 3.05) is 5.73 Å². The van der Waals surface area contributed by atoms with Crippen LogP contribution in [0.2, 0.25) is 5.15 Å². The van der Waals surface area contributed by atoms with Crippen molar-refractivity contribution in [3.63, 3.8) is 0 Å². The minimum Gasteiger partial charge on any atom is -0.396 e. The molecule has 0 aliphatic carbocycles. The molecule has 2 nitrogen and oxygen atoms in total. The van der Waals surface area contributed by atoms with E-state index >= 15 is 0 Å². The molecular formula is C6H4ClF3N2. The van der Waals surface area contributed by atoms with Crippen LogP contribution in [0.4, 0.5) is 18.9 Å². The third kappa shape index (κ3) is 1.45. The second kappa shape index (κ2) is 3.18. The van der Waals surface area contributed by atoms with Crippen LogP contribution in [0.1, 0.15) is 12.0 Å². The van der Waals surface area contributed by atoms with Crippen LogP contribution in [-0.4, -0.2) is 4.98 Å². The molecule has 12 heavy (non-hydrogen) atoms. The third-order valence-corrected chi connectivity index (χ3v) is 1.54. The number of hydrogen-bond donors (Lipinski definition) is 1. The molecule has 0 aliphatic rings. The number of rotatable bonds is 1. The van der Waals surface area contributed by atoms with Crippen molar-refractivity contribution in [2.24, 2.45) is 0 Å². The van der Waals surface area contributed by atoms with Gasteiger partial charge in [0.25, 0.3) is 6.43 Å². The molecule has 2 N–H and O–H groups in total. The molecule has 0 saturated heterocycles. The first-order valence-electron chi connectivity index (χ1n) is 2.91. The lowest BCUT2D eigenvalue weighted by atomic mass is 10.2. The Kier molecular flexibility index (Phi) is 2.42. The van der Waals surface area contributed by atoms with E-state index in [1.165, 1.54) is 0 Å². The first-order chi connectivity index (χ1) is 5.54. The molecule has 1 aromatic rings. The zero-order valence-electron chi connectivity index (χ0n) is 5.69. The summed E-state index contributed by atoms with van der Waals surface area (Å²) in [5, 5.41) is -0.503. The molecule has 0 fully saturated rings. The maximum absolute atomic E-state index is 12.7. The molecule has 1 rings (SSSR count). The van der Waals surface area contributed by atoms with Crippen LogP contribution >= 0.6 is 11.6 Å².